The monoisotopic (exact) mass is 304 g/mol. The van der Waals surface area contributed by atoms with Crippen molar-refractivity contribution in [3.8, 4) is 0 Å². The van der Waals surface area contributed by atoms with Crippen LogP contribution in [0, 0.1) is 0 Å². The molecule has 0 aliphatic rings. The highest BCUT2D eigenvalue weighted by molar-refractivity contribution is 6.07. The number of carbonyl (C=O) groups is 2. The zero-order valence-electron chi connectivity index (χ0n) is 11.6. The summed E-state index contributed by atoms with van der Waals surface area (Å²) in [5.74, 6) is -3.38. The molecule has 1 aromatic rings. The van der Waals surface area contributed by atoms with Gasteiger partial charge in [-0.1, -0.05) is 30.3 Å². The van der Waals surface area contributed by atoms with Gasteiger partial charge in [-0.15, -0.1) is 0 Å². The maximum Gasteiger partial charge on any atom is 0.419 e. The fourth-order valence-corrected chi connectivity index (χ4v) is 1.88. The van der Waals surface area contributed by atoms with Gasteiger partial charge < -0.3 is 9.47 Å². The maximum absolute atomic E-state index is 13.6. The van der Waals surface area contributed by atoms with Crippen LogP contribution in [0.3, 0.4) is 0 Å². The number of rotatable bonds is 5. The minimum Gasteiger partial charge on any atom is -0.465 e. The van der Waals surface area contributed by atoms with Crippen molar-refractivity contribution in [3.05, 3.63) is 35.9 Å². The summed E-state index contributed by atoms with van der Waals surface area (Å²) in [7, 11) is 0. The van der Waals surface area contributed by atoms with E-state index in [0.29, 0.717) is 0 Å². The summed E-state index contributed by atoms with van der Waals surface area (Å²) >= 11 is 0. The van der Waals surface area contributed by atoms with Crippen molar-refractivity contribution in [2.45, 2.75) is 25.4 Å². The Morgan fingerprint density at radius 3 is 1.71 bits per heavy atom. The first-order chi connectivity index (χ1) is 9.82. The third-order valence-electron chi connectivity index (χ3n) is 2.80. The molecule has 0 heterocycles. The van der Waals surface area contributed by atoms with E-state index in [1.165, 1.54) is 32.0 Å². The van der Waals surface area contributed by atoms with Gasteiger partial charge in [-0.25, -0.2) is 0 Å². The standard InChI is InChI=1S/C14H15F3O4/c1-3-20-11(18)13(14(15,16)17,12(19)21-4-2)10-8-6-5-7-9-10/h5-9H,3-4H2,1-2H3. The van der Waals surface area contributed by atoms with E-state index in [9.17, 15) is 22.8 Å². The first-order valence-electron chi connectivity index (χ1n) is 6.29. The number of hydrogen-bond donors (Lipinski definition) is 0. The van der Waals surface area contributed by atoms with E-state index < -0.39 is 29.1 Å². The molecule has 1 rings (SSSR count). The van der Waals surface area contributed by atoms with Gasteiger partial charge >= 0.3 is 18.1 Å². The lowest BCUT2D eigenvalue weighted by Gasteiger charge is -2.31. The van der Waals surface area contributed by atoms with Crippen LogP contribution in [-0.2, 0) is 24.5 Å². The zero-order chi connectivity index (χ0) is 16.1. The van der Waals surface area contributed by atoms with Crippen molar-refractivity contribution in [2.75, 3.05) is 13.2 Å². The fourth-order valence-electron chi connectivity index (χ4n) is 1.88. The molecule has 0 unspecified atom stereocenters. The molecule has 0 N–H and O–H groups in total. The fraction of sp³-hybridized carbons (Fsp3) is 0.429. The lowest BCUT2D eigenvalue weighted by Crippen LogP contribution is -2.56. The van der Waals surface area contributed by atoms with Crippen LogP contribution < -0.4 is 0 Å². The molecule has 1 aromatic carbocycles. The minimum absolute atomic E-state index is 0.289. The second-order valence-corrected chi connectivity index (χ2v) is 4.05. The van der Waals surface area contributed by atoms with Gasteiger partial charge in [0.15, 0.2) is 0 Å². The molecule has 0 saturated carbocycles. The molecule has 0 aliphatic heterocycles. The predicted molar refractivity (Wildman–Crippen MR) is 67.4 cm³/mol. The molecular formula is C14H15F3O4. The van der Waals surface area contributed by atoms with E-state index >= 15 is 0 Å². The summed E-state index contributed by atoms with van der Waals surface area (Å²) in [4.78, 5) is 24.0. The average Bonchev–Trinajstić information content (AvgIpc) is 2.39. The SMILES string of the molecule is CCOC(=O)C(C(=O)OCC)(c1ccccc1)C(F)(F)F. The van der Waals surface area contributed by atoms with Crippen molar-refractivity contribution in [3.63, 3.8) is 0 Å². The number of alkyl halides is 3. The Balaban J connectivity index is 3.57. The van der Waals surface area contributed by atoms with Crippen LogP contribution in [0.1, 0.15) is 19.4 Å². The quantitative estimate of drug-likeness (QED) is 0.620. The van der Waals surface area contributed by atoms with Gasteiger partial charge in [0, 0.05) is 0 Å². The van der Waals surface area contributed by atoms with Crippen LogP contribution in [0.25, 0.3) is 0 Å². The summed E-state index contributed by atoms with van der Waals surface area (Å²) < 4.78 is 49.8. The molecule has 0 aromatic heterocycles. The van der Waals surface area contributed by atoms with Crippen molar-refractivity contribution < 1.29 is 32.2 Å². The first-order valence-corrected chi connectivity index (χ1v) is 6.29. The summed E-state index contributed by atoms with van der Waals surface area (Å²) in [6.45, 7) is 2.14. The number of benzene rings is 1. The highest BCUT2D eigenvalue weighted by Gasteiger charge is 2.69. The van der Waals surface area contributed by atoms with Crippen LogP contribution >= 0.6 is 0 Å². The lowest BCUT2D eigenvalue weighted by molar-refractivity contribution is -0.218. The Labute approximate surface area is 119 Å². The van der Waals surface area contributed by atoms with E-state index in [-0.39, 0.29) is 13.2 Å². The van der Waals surface area contributed by atoms with Crippen LogP contribution in [0.2, 0.25) is 0 Å². The molecular weight excluding hydrogens is 289 g/mol. The lowest BCUT2D eigenvalue weighted by atomic mass is 9.79. The number of ether oxygens (including phenoxy) is 2. The molecule has 0 fully saturated rings. The molecule has 0 aliphatic carbocycles. The van der Waals surface area contributed by atoms with Gasteiger partial charge in [0.05, 0.1) is 13.2 Å². The average molecular weight is 304 g/mol. The first kappa shape index (κ1) is 17.0. The van der Waals surface area contributed by atoms with Gasteiger partial charge in [-0.3, -0.25) is 9.59 Å². The smallest absolute Gasteiger partial charge is 0.419 e. The molecule has 0 radical (unpaired) electrons. The van der Waals surface area contributed by atoms with E-state index in [2.05, 4.69) is 9.47 Å². The Hall–Kier alpha value is -2.05. The molecule has 0 spiro atoms. The maximum atomic E-state index is 13.6. The van der Waals surface area contributed by atoms with Crippen molar-refractivity contribution in [2.24, 2.45) is 0 Å². The normalized spacial score (nSPS) is 11.9. The second kappa shape index (κ2) is 6.60. The summed E-state index contributed by atoms with van der Waals surface area (Å²) in [6, 6.07) is 6.16. The van der Waals surface area contributed by atoms with Crippen molar-refractivity contribution in [1.82, 2.24) is 0 Å². The number of halogens is 3. The largest absolute Gasteiger partial charge is 0.465 e. The minimum atomic E-state index is -5.19. The van der Waals surface area contributed by atoms with Gasteiger partial charge in [0.2, 0.25) is 0 Å². The zero-order valence-corrected chi connectivity index (χ0v) is 11.6. The van der Waals surface area contributed by atoms with Crippen LogP contribution in [0.5, 0.6) is 0 Å². The molecule has 0 saturated heterocycles. The predicted octanol–water partition coefficient (Wildman–Crippen LogP) is 2.61. The van der Waals surface area contributed by atoms with E-state index in [4.69, 9.17) is 0 Å². The molecule has 21 heavy (non-hydrogen) atoms. The van der Waals surface area contributed by atoms with Crippen LogP contribution in [0.15, 0.2) is 30.3 Å². The third-order valence-corrected chi connectivity index (χ3v) is 2.80. The van der Waals surface area contributed by atoms with Crippen LogP contribution in [0.4, 0.5) is 13.2 Å². The van der Waals surface area contributed by atoms with Crippen molar-refractivity contribution >= 4 is 11.9 Å². The van der Waals surface area contributed by atoms with Gasteiger partial charge in [-0.05, 0) is 19.4 Å². The van der Waals surface area contributed by atoms with E-state index in [1.54, 1.807) is 0 Å². The molecule has 0 bridgehead atoms. The molecule has 0 atom stereocenters. The van der Waals surface area contributed by atoms with E-state index in [0.717, 1.165) is 12.1 Å². The molecule has 4 nitrogen and oxygen atoms in total. The van der Waals surface area contributed by atoms with Gasteiger partial charge in [0.1, 0.15) is 0 Å². The highest BCUT2D eigenvalue weighted by atomic mass is 19.4. The topological polar surface area (TPSA) is 52.6 Å². The molecule has 0 amide bonds. The summed E-state index contributed by atoms with van der Waals surface area (Å²) in [6.07, 6.45) is -5.19. The number of carbonyl (C=O) groups excluding carboxylic acids is 2. The Morgan fingerprint density at radius 1 is 0.952 bits per heavy atom. The van der Waals surface area contributed by atoms with Crippen LogP contribution in [-0.4, -0.2) is 31.3 Å². The van der Waals surface area contributed by atoms with Gasteiger partial charge in [-0.2, -0.15) is 13.2 Å². The third kappa shape index (κ3) is 3.01. The second-order valence-electron chi connectivity index (χ2n) is 4.05. The van der Waals surface area contributed by atoms with Crippen molar-refractivity contribution in [1.29, 1.82) is 0 Å². The highest BCUT2D eigenvalue weighted by Crippen LogP contribution is 2.43. The Kier molecular flexibility index (Phi) is 5.34. The summed E-state index contributed by atoms with van der Waals surface area (Å²) in [5.41, 5.74) is -4.00. The molecule has 116 valence electrons. The Morgan fingerprint density at radius 2 is 1.38 bits per heavy atom. The number of hydrogen-bond acceptors (Lipinski definition) is 4. The Bertz CT molecular complexity index is 479. The van der Waals surface area contributed by atoms with Gasteiger partial charge in [0.25, 0.3) is 5.41 Å². The molecule has 7 heteroatoms. The summed E-state index contributed by atoms with van der Waals surface area (Å²) in [5, 5.41) is 0. The number of esters is 2. The van der Waals surface area contributed by atoms with E-state index in [1.807, 2.05) is 0 Å².